The molecule has 1 aromatic carbocycles. The van der Waals surface area contributed by atoms with E-state index in [1.165, 1.54) is 0 Å². The van der Waals surface area contributed by atoms with Crippen molar-refractivity contribution in [3.8, 4) is 0 Å². The fraction of sp³-hybridized carbons (Fsp3) is 0.588. The van der Waals surface area contributed by atoms with Crippen LogP contribution in [0.2, 0.25) is 0 Å². The number of carbonyl (C=O) groups excluding carboxylic acids is 1. The van der Waals surface area contributed by atoms with Crippen LogP contribution in [-0.4, -0.2) is 24.7 Å². The molecule has 0 aromatic heterocycles. The fourth-order valence-corrected chi connectivity index (χ4v) is 3.00. The third-order valence-corrected chi connectivity index (χ3v) is 5.29. The molecule has 1 aromatic rings. The summed E-state index contributed by atoms with van der Waals surface area (Å²) in [4.78, 5) is 12.1. The van der Waals surface area contributed by atoms with Gasteiger partial charge in [0.2, 0.25) is 5.91 Å². The predicted octanol–water partition coefficient (Wildman–Crippen LogP) is 2.52. The number of nitrogens with one attached hydrogen (secondary N) is 1. The highest BCUT2D eigenvalue weighted by molar-refractivity contribution is 5.77. The van der Waals surface area contributed by atoms with Gasteiger partial charge >= 0.3 is 0 Å². The Kier molecular flexibility index (Phi) is 4.28. The number of rotatable bonds is 5. The van der Waals surface area contributed by atoms with Crippen molar-refractivity contribution in [2.75, 3.05) is 12.8 Å². The maximum absolute atomic E-state index is 12.1. The van der Waals surface area contributed by atoms with Crippen LogP contribution in [0.5, 0.6) is 0 Å². The van der Waals surface area contributed by atoms with Crippen LogP contribution in [0.25, 0.3) is 0 Å². The van der Waals surface area contributed by atoms with E-state index >= 15 is 0 Å². The molecule has 116 valence electrons. The molecule has 0 bridgehead atoms. The number of nitrogen functional groups attached to an aromatic ring is 1. The van der Waals surface area contributed by atoms with E-state index in [1.807, 2.05) is 24.3 Å². The van der Waals surface area contributed by atoms with E-state index in [2.05, 4.69) is 26.1 Å². The van der Waals surface area contributed by atoms with Crippen LogP contribution in [0.3, 0.4) is 0 Å². The second-order valence-corrected chi connectivity index (χ2v) is 6.68. The molecule has 0 spiro atoms. The average molecular weight is 290 g/mol. The number of carbonyl (C=O) groups is 1. The van der Waals surface area contributed by atoms with Gasteiger partial charge in [0.25, 0.3) is 0 Å². The second-order valence-electron chi connectivity index (χ2n) is 6.68. The maximum Gasteiger partial charge on any atom is 0.220 e. The van der Waals surface area contributed by atoms with Crippen molar-refractivity contribution >= 4 is 11.6 Å². The standard InChI is InChI=1S/C17H26N2O2/c1-16(2)14(11-17(16,3)21-4)19-15(20)10-9-12-7-5-6-8-13(12)18/h5-8,14H,9-11,18H2,1-4H3,(H,19,20). The number of methoxy groups -OCH3 is 1. The molecule has 1 saturated carbocycles. The molecule has 4 nitrogen and oxygen atoms in total. The minimum atomic E-state index is -0.158. The molecule has 2 atom stereocenters. The molecule has 1 aliphatic carbocycles. The summed E-state index contributed by atoms with van der Waals surface area (Å²) in [6, 6.07) is 7.86. The maximum atomic E-state index is 12.1. The molecule has 0 aliphatic heterocycles. The van der Waals surface area contributed by atoms with Gasteiger partial charge in [0.15, 0.2) is 0 Å². The summed E-state index contributed by atoms with van der Waals surface area (Å²) in [5.41, 5.74) is 7.46. The highest BCUT2D eigenvalue weighted by Crippen LogP contribution is 2.51. The molecule has 0 radical (unpaired) electrons. The summed E-state index contributed by atoms with van der Waals surface area (Å²) in [5, 5.41) is 3.13. The first-order valence-electron chi connectivity index (χ1n) is 7.48. The van der Waals surface area contributed by atoms with Crippen molar-refractivity contribution in [3.05, 3.63) is 29.8 Å². The molecule has 1 aliphatic rings. The van der Waals surface area contributed by atoms with Crippen LogP contribution >= 0.6 is 0 Å². The van der Waals surface area contributed by atoms with E-state index in [9.17, 15) is 4.79 Å². The lowest BCUT2D eigenvalue weighted by molar-refractivity contribution is -0.182. The smallest absolute Gasteiger partial charge is 0.220 e. The number of amides is 1. The van der Waals surface area contributed by atoms with E-state index in [0.29, 0.717) is 12.8 Å². The lowest BCUT2D eigenvalue weighted by Gasteiger charge is -2.59. The Hall–Kier alpha value is -1.55. The van der Waals surface area contributed by atoms with Crippen LogP contribution in [0.15, 0.2) is 24.3 Å². The molecular formula is C17H26N2O2. The molecular weight excluding hydrogens is 264 g/mol. The third kappa shape index (κ3) is 2.91. The van der Waals surface area contributed by atoms with Gasteiger partial charge in [0.05, 0.1) is 5.60 Å². The minimum absolute atomic E-state index is 0.0524. The van der Waals surface area contributed by atoms with E-state index < -0.39 is 0 Å². The van der Waals surface area contributed by atoms with Gasteiger partial charge in [-0.15, -0.1) is 0 Å². The van der Waals surface area contributed by atoms with Crippen LogP contribution in [0.4, 0.5) is 5.69 Å². The Morgan fingerprint density at radius 1 is 1.38 bits per heavy atom. The van der Waals surface area contributed by atoms with Gasteiger partial charge in [-0.05, 0) is 31.4 Å². The Balaban J connectivity index is 1.85. The number of anilines is 1. The van der Waals surface area contributed by atoms with Crippen LogP contribution < -0.4 is 11.1 Å². The molecule has 2 rings (SSSR count). The predicted molar refractivity (Wildman–Crippen MR) is 84.9 cm³/mol. The third-order valence-electron chi connectivity index (χ3n) is 5.29. The zero-order chi connectivity index (χ0) is 15.7. The van der Waals surface area contributed by atoms with E-state index in [4.69, 9.17) is 10.5 Å². The first-order valence-corrected chi connectivity index (χ1v) is 7.48. The largest absolute Gasteiger partial charge is 0.399 e. The van der Waals surface area contributed by atoms with Gasteiger partial charge in [0, 0.05) is 30.7 Å². The highest BCUT2D eigenvalue weighted by atomic mass is 16.5. The number of aryl methyl sites for hydroxylation is 1. The summed E-state index contributed by atoms with van der Waals surface area (Å²) in [7, 11) is 1.73. The van der Waals surface area contributed by atoms with Gasteiger partial charge in [-0.25, -0.2) is 0 Å². The zero-order valence-corrected chi connectivity index (χ0v) is 13.4. The Morgan fingerprint density at radius 3 is 2.62 bits per heavy atom. The van der Waals surface area contributed by atoms with Gasteiger partial charge < -0.3 is 15.8 Å². The van der Waals surface area contributed by atoms with Crippen molar-refractivity contribution in [2.45, 2.75) is 51.7 Å². The van der Waals surface area contributed by atoms with Gasteiger partial charge in [-0.1, -0.05) is 32.0 Å². The summed E-state index contributed by atoms with van der Waals surface area (Å²) in [6.07, 6.45) is 1.99. The SMILES string of the molecule is COC1(C)CC(NC(=O)CCc2ccccc2N)C1(C)C. The quantitative estimate of drug-likeness (QED) is 0.819. The Bertz CT molecular complexity index is 527. The van der Waals surface area contributed by atoms with Crippen molar-refractivity contribution in [1.29, 1.82) is 0 Å². The number of benzene rings is 1. The number of ether oxygens (including phenoxy) is 1. The number of para-hydroxylation sites is 1. The van der Waals surface area contributed by atoms with E-state index in [-0.39, 0.29) is 23.0 Å². The summed E-state index contributed by atoms with van der Waals surface area (Å²) < 4.78 is 5.58. The molecule has 3 N–H and O–H groups in total. The lowest BCUT2D eigenvalue weighted by Crippen LogP contribution is -2.68. The van der Waals surface area contributed by atoms with E-state index in [0.717, 1.165) is 17.7 Å². The fourth-order valence-electron chi connectivity index (χ4n) is 3.00. The molecule has 1 fully saturated rings. The molecule has 1 amide bonds. The van der Waals surface area contributed by atoms with Gasteiger partial charge in [-0.3, -0.25) is 4.79 Å². The summed E-state index contributed by atoms with van der Waals surface area (Å²) in [5.74, 6) is 0.0782. The molecule has 4 heteroatoms. The number of hydrogen-bond acceptors (Lipinski definition) is 3. The molecule has 2 unspecified atom stereocenters. The highest BCUT2D eigenvalue weighted by Gasteiger charge is 2.58. The summed E-state index contributed by atoms with van der Waals surface area (Å²) >= 11 is 0. The summed E-state index contributed by atoms with van der Waals surface area (Å²) in [6.45, 7) is 6.38. The molecule has 21 heavy (non-hydrogen) atoms. The van der Waals surface area contributed by atoms with Crippen molar-refractivity contribution in [2.24, 2.45) is 5.41 Å². The van der Waals surface area contributed by atoms with Crippen molar-refractivity contribution in [3.63, 3.8) is 0 Å². The Labute approximate surface area is 127 Å². The lowest BCUT2D eigenvalue weighted by atomic mass is 9.56. The molecule has 0 saturated heterocycles. The minimum Gasteiger partial charge on any atom is -0.399 e. The number of nitrogens with two attached hydrogens (primary N) is 1. The van der Waals surface area contributed by atoms with Crippen molar-refractivity contribution in [1.82, 2.24) is 5.32 Å². The monoisotopic (exact) mass is 290 g/mol. The second kappa shape index (κ2) is 5.68. The topological polar surface area (TPSA) is 64.3 Å². The first kappa shape index (κ1) is 15.8. The average Bonchev–Trinajstić information content (AvgIpc) is 2.45. The van der Waals surface area contributed by atoms with Crippen LogP contribution in [0.1, 0.15) is 39.2 Å². The van der Waals surface area contributed by atoms with E-state index in [1.54, 1.807) is 7.11 Å². The Morgan fingerprint density at radius 2 is 2.05 bits per heavy atom. The van der Waals surface area contributed by atoms with Crippen LogP contribution in [0, 0.1) is 5.41 Å². The van der Waals surface area contributed by atoms with Gasteiger partial charge in [0.1, 0.15) is 0 Å². The van der Waals surface area contributed by atoms with Gasteiger partial charge in [-0.2, -0.15) is 0 Å². The molecule has 0 heterocycles. The zero-order valence-electron chi connectivity index (χ0n) is 13.4. The van der Waals surface area contributed by atoms with Crippen LogP contribution in [-0.2, 0) is 16.0 Å². The first-order chi connectivity index (χ1) is 9.80. The normalized spacial score (nSPS) is 27.0. The number of hydrogen-bond donors (Lipinski definition) is 2. The van der Waals surface area contributed by atoms with Crippen molar-refractivity contribution < 1.29 is 9.53 Å².